The number of esters is 1. The molecule has 9 nitrogen and oxygen atoms in total. The molecule has 0 fully saturated rings. The largest absolute Gasteiger partial charge is 0.465 e. The number of nitrogens with one attached hydrogen (secondary N) is 2. The highest BCUT2D eigenvalue weighted by Gasteiger charge is 2.41. The fraction of sp³-hybridized carbons (Fsp3) is 0.600. The summed E-state index contributed by atoms with van der Waals surface area (Å²) in [7, 11) is 0. The first kappa shape index (κ1) is 22.7. The lowest BCUT2D eigenvalue weighted by atomic mass is 9.91. The Hall–Kier alpha value is -1.95. The van der Waals surface area contributed by atoms with Gasteiger partial charge >= 0.3 is 12.1 Å². The second-order valence-electron chi connectivity index (χ2n) is 8.16. The number of hydrogen-bond donors (Lipinski definition) is 2. The smallest absolute Gasteiger partial charge is 0.407 e. The molecule has 1 aromatic heterocycles. The molecule has 164 valence electrons. The van der Waals surface area contributed by atoms with Gasteiger partial charge in [-0.25, -0.2) is 24.6 Å². The van der Waals surface area contributed by atoms with Gasteiger partial charge in [0.25, 0.3) is 0 Å². The Balaban J connectivity index is 1.68. The molecule has 1 atom stereocenters. The summed E-state index contributed by atoms with van der Waals surface area (Å²) >= 11 is 2.09. The van der Waals surface area contributed by atoms with Gasteiger partial charge in [-0.2, -0.15) is 0 Å². The molecular weight excluding hydrogens is 501 g/mol. The number of hydrazine groups is 1. The lowest BCUT2D eigenvalue weighted by molar-refractivity contribution is -0.148. The molecule has 2 aliphatic rings. The van der Waals surface area contributed by atoms with E-state index < -0.39 is 17.7 Å². The molecule has 1 aromatic rings. The molecule has 0 saturated heterocycles. The van der Waals surface area contributed by atoms with Crippen molar-refractivity contribution < 1.29 is 19.1 Å². The molecule has 0 aromatic carbocycles. The zero-order valence-electron chi connectivity index (χ0n) is 17.7. The Morgan fingerprint density at radius 2 is 2.13 bits per heavy atom. The molecule has 30 heavy (non-hydrogen) atoms. The summed E-state index contributed by atoms with van der Waals surface area (Å²) < 4.78 is 11.3. The van der Waals surface area contributed by atoms with E-state index >= 15 is 0 Å². The van der Waals surface area contributed by atoms with Gasteiger partial charge in [0.15, 0.2) is 3.83 Å². The van der Waals surface area contributed by atoms with E-state index in [0.29, 0.717) is 29.9 Å². The number of carbonyl (C=O) groups is 2. The van der Waals surface area contributed by atoms with Crippen molar-refractivity contribution in [3.05, 3.63) is 26.9 Å². The summed E-state index contributed by atoms with van der Waals surface area (Å²) in [6, 6.07) is -0.498. The number of fused-ring (bicyclic) bond motifs is 2. The van der Waals surface area contributed by atoms with Gasteiger partial charge in [0.05, 0.1) is 18.0 Å². The monoisotopic (exact) mass is 529 g/mol. The average Bonchev–Trinajstić information content (AvgIpc) is 3.03. The van der Waals surface area contributed by atoms with Crippen LogP contribution in [0.3, 0.4) is 0 Å². The molecule has 0 saturated carbocycles. The van der Waals surface area contributed by atoms with Gasteiger partial charge in [-0.3, -0.25) is 0 Å². The van der Waals surface area contributed by atoms with Crippen LogP contribution in [0.4, 0.5) is 4.79 Å². The molecule has 0 bridgehead atoms. The van der Waals surface area contributed by atoms with E-state index in [-0.39, 0.29) is 5.97 Å². The summed E-state index contributed by atoms with van der Waals surface area (Å²) in [6.07, 6.45) is 3.57. The van der Waals surface area contributed by atoms with Gasteiger partial charge in [0.2, 0.25) is 0 Å². The van der Waals surface area contributed by atoms with E-state index in [0.717, 1.165) is 35.4 Å². The lowest BCUT2D eigenvalue weighted by Gasteiger charge is -2.25. The molecule has 0 spiro atoms. The predicted molar refractivity (Wildman–Crippen MR) is 119 cm³/mol. The highest BCUT2D eigenvalue weighted by Crippen LogP contribution is 2.36. The lowest BCUT2D eigenvalue weighted by Crippen LogP contribution is -2.46. The quantitative estimate of drug-likeness (QED) is 0.251. The van der Waals surface area contributed by atoms with Crippen molar-refractivity contribution in [2.45, 2.75) is 58.6 Å². The highest BCUT2D eigenvalue weighted by molar-refractivity contribution is 14.1. The Bertz CT molecular complexity index is 852. The van der Waals surface area contributed by atoms with Gasteiger partial charge in [0, 0.05) is 41.9 Å². The van der Waals surface area contributed by atoms with Crippen molar-refractivity contribution in [2.75, 3.05) is 19.7 Å². The predicted octanol–water partition coefficient (Wildman–Crippen LogP) is 2.41. The standard InChI is InChI=1S/C20H28IN5O4/c1-5-29-17(27)16-13-8-7-12-11-23-18(21)24-14(12)15(13)25-26(16)10-6-9-22-19(28)30-20(2,3)4/h11,16,25H,5-10H2,1-4H3,(H,22,28). The maximum atomic E-state index is 12.7. The molecule has 0 radical (unpaired) electrons. The zero-order chi connectivity index (χ0) is 21.9. The molecular formula is C20H28IN5O4. The summed E-state index contributed by atoms with van der Waals surface area (Å²) in [6.45, 7) is 8.57. The fourth-order valence-electron chi connectivity index (χ4n) is 3.56. The van der Waals surface area contributed by atoms with Crippen LogP contribution in [0.15, 0.2) is 11.8 Å². The number of aryl methyl sites for hydroxylation is 1. The molecule has 1 amide bonds. The topological polar surface area (TPSA) is 106 Å². The normalized spacial score (nSPS) is 18.4. The number of alkyl carbamates (subject to hydrolysis) is 1. The summed E-state index contributed by atoms with van der Waals surface area (Å²) in [5, 5.41) is 4.63. The number of hydrogen-bond acceptors (Lipinski definition) is 8. The summed E-state index contributed by atoms with van der Waals surface area (Å²) in [5.74, 6) is -0.276. The van der Waals surface area contributed by atoms with Crippen LogP contribution in [0.1, 0.15) is 51.8 Å². The molecule has 2 heterocycles. The Morgan fingerprint density at radius 3 is 2.83 bits per heavy atom. The van der Waals surface area contributed by atoms with Crippen LogP contribution in [-0.4, -0.2) is 58.4 Å². The van der Waals surface area contributed by atoms with Crippen molar-refractivity contribution in [1.82, 2.24) is 25.7 Å². The molecule has 1 aliphatic carbocycles. The first-order valence-corrected chi connectivity index (χ1v) is 11.2. The van der Waals surface area contributed by atoms with Crippen LogP contribution in [0.2, 0.25) is 0 Å². The van der Waals surface area contributed by atoms with Crippen molar-refractivity contribution in [3.8, 4) is 0 Å². The van der Waals surface area contributed by atoms with E-state index in [4.69, 9.17) is 9.47 Å². The van der Waals surface area contributed by atoms with Gasteiger partial charge < -0.3 is 20.2 Å². The van der Waals surface area contributed by atoms with E-state index in [2.05, 4.69) is 43.3 Å². The number of carbonyl (C=O) groups excluding carboxylic acids is 2. The van der Waals surface area contributed by atoms with Crippen LogP contribution < -0.4 is 10.7 Å². The molecule has 3 rings (SSSR count). The van der Waals surface area contributed by atoms with Crippen LogP contribution >= 0.6 is 22.6 Å². The zero-order valence-corrected chi connectivity index (χ0v) is 19.9. The third kappa shape index (κ3) is 5.39. The Morgan fingerprint density at radius 1 is 1.37 bits per heavy atom. The number of halogens is 1. The van der Waals surface area contributed by atoms with Gasteiger partial charge in [0.1, 0.15) is 11.6 Å². The van der Waals surface area contributed by atoms with Crippen LogP contribution in [0.5, 0.6) is 0 Å². The van der Waals surface area contributed by atoms with Crippen molar-refractivity contribution in [1.29, 1.82) is 0 Å². The first-order valence-electron chi connectivity index (χ1n) is 10.1. The third-order valence-corrected chi connectivity index (χ3v) is 5.23. The van der Waals surface area contributed by atoms with E-state index in [1.165, 1.54) is 0 Å². The van der Waals surface area contributed by atoms with Crippen LogP contribution in [-0.2, 0) is 20.7 Å². The molecule has 2 N–H and O–H groups in total. The van der Waals surface area contributed by atoms with Crippen molar-refractivity contribution in [3.63, 3.8) is 0 Å². The molecule has 10 heteroatoms. The number of aromatic nitrogens is 2. The summed E-state index contributed by atoms with van der Waals surface area (Å²) in [4.78, 5) is 33.4. The SMILES string of the molecule is CCOC(=O)C1C2=C(NN1CCCNC(=O)OC(C)(C)C)c1nc(I)ncc1CC2. The maximum absolute atomic E-state index is 12.7. The average molecular weight is 529 g/mol. The van der Waals surface area contributed by atoms with Crippen molar-refractivity contribution in [2.24, 2.45) is 0 Å². The minimum atomic E-state index is -0.536. The molecule has 1 unspecified atom stereocenters. The van der Waals surface area contributed by atoms with E-state index in [1.807, 2.05) is 32.0 Å². The van der Waals surface area contributed by atoms with Crippen LogP contribution in [0.25, 0.3) is 5.70 Å². The van der Waals surface area contributed by atoms with Gasteiger partial charge in [-0.1, -0.05) is 0 Å². The second-order valence-corrected chi connectivity index (χ2v) is 9.12. The summed E-state index contributed by atoms with van der Waals surface area (Å²) in [5.41, 5.74) is 6.61. The number of ether oxygens (including phenoxy) is 2. The third-order valence-electron chi connectivity index (χ3n) is 4.71. The Kier molecular flexibility index (Phi) is 7.17. The van der Waals surface area contributed by atoms with Gasteiger partial charge in [-0.15, -0.1) is 0 Å². The first-order chi connectivity index (χ1) is 14.2. The fourth-order valence-corrected chi connectivity index (χ4v) is 3.94. The van der Waals surface area contributed by atoms with E-state index in [9.17, 15) is 9.59 Å². The van der Waals surface area contributed by atoms with Crippen LogP contribution in [0, 0.1) is 3.83 Å². The van der Waals surface area contributed by atoms with E-state index in [1.54, 1.807) is 6.92 Å². The van der Waals surface area contributed by atoms with Crippen molar-refractivity contribution >= 4 is 40.4 Å². The number of nitrogens with zero attached hydrogens (tertiary/aromatic N) is 3. The number of amides is 1. The highest BCUT2D eigenvalue weighted by atomic mass is 127. The minimum absolute atomic E-state index is 0.276. The minimum Gasteiger partial charge on any atom is -0.465 e. The van der Waals surface area contributed by atoms with Gasteiger partial charge in [-0.05, 0) is 58.1 Å². The second kappa shape index (κ2) is 9.46. The maximum Gasteiger partial charge on any atom is 0.407 e. The number of rotatable bonds is 6. The Labute approximate surface area is 190 Å². The molecule has 1 aliphatic heterocycles.